The molecule has 1 aromatic heterocycles. The van der Waals surface area contributed by atoms with Gasteiger partial charge < -0.3 is 4.57 Å². The van der Waals surface area contributed by atoms with Gasteiger partial charge in [-0.3, -0.25) is 0 Å². The number of rotatable bonds is 5. The van der Waals surface area contributed by atoms with E-state index in [9.17, 15) is 8.42 Å². The molecule has 0 aliphatic rings. The van der Waals surface area contributed by atoms with Crippen LogP contribution in [0, 0.1) is 6.92 Å². The first kappa shape index (κ1) is 15.0. The van der Waals surface area contributed by atoms with Crippen molar-refractivity contribution in [2.24, 2.45) is 7.05 Å². The summed E-state index contributed by atoms with van der Waals surface area (Å²) in [5.74, 6) is 0.574. The van der Waals surface area contributed by atoms with Crippen molar-refractivity contribution in [2.75, 3.05) is 6.26 Å². The molecule has 108 valence electrons. The van der Waals surface area contributed by atoms with Crippen molar-refractivity contribution in [3.05, 3.63) is 35.7 Å². The van der Waals surface area contributed by atoms with Crippen LogP contribution in [0.4, 0.5) is 0 Å². The van der Waals surface area contributed by atoms with Crippen molar-refractivity contribution in [1.82, 2.24) is 19.5 Å². The van der Waals surface area contributed by atoms with Crippen molar-refractivity contribution < 1.29 is 8.42 Å². The smallest absolute Gasteiger partial charge is 0.240 e. The molecule has 1 heterocycles. The molecule has 0 aliphatic heterocycles. The molecule has 0 amide bonds. The van der Waals surface area contributed by atoms with E-state index in [2.05, 4.69) is 14.9 Å². The molecule has 0 aliphatic carbocycles. The van der Waals surface area contributed by atoms with E-state index in [1.807, 2.05) is 13.2 Å². The summed E-state index contributed by atoms with van der Waals surface area (Å²) in [6.45, 7) is 2.02. The third-order valence-electron chi connectivity index (χ3n) is 2.86. The summed E-state index contributed by atoms with van der Waals surface area (Å²) in [6, 6.07) is 6.70. The second-order valence-corrected chi connectivity index (χ2v) is 6.84. The fraction of sp³-hybridized carbons (Fsp3) is 0.333. The second kappa shape index (κ2) is 5.94. The van der Waals surface area contributed by atoms with Gasteiger partial charge in [-0.25, -0.2) is 13.1 Å². The summed E-state index contributed by atoms with van der Waals surface area (Å²) < 4.78 is 28.6. The highest BCUT2D eigenvalue weighted by molar-refractivity contribution is 7.98. The van der Waals surface area contributed by atoms with E-state index < -0.39 is 10.0 Å². The molecule has 2 rings (SSSR count). The molecule has 8 heteroatoms. The monoisotopic (exact) mass is 312 g/mol. The normalized spacial score (nSPS) is 11.8. The molecule has 0 fully saturated rings. The lowest BCUT2D eigenvalue weighted by Crippen LogP contribution is -2.24. The number of nitrogens with one attached hydrogen (secondary N) is 1. The van der Waals surface area contributed by atoms with Crippen molar-refractivity contribution in [3.63, 3.8) is 0 Å². The molecule has 2 aromatic rings. The highest BCUT2D eigenvalue weighted by Crippen LogP contribution is 2.13. The van der Waals surface area contributed by atoms with E-state index in [4.69, 9.17) is 0 Å². The predicted molar refractivity (Wildman–Crippen MR) is 78.0 cm³/mol. The number of hydrogen-bond acceptors (Lipinski definition) is 5. The summed E-state index contributed by atoms with van der Waals surface area (Å²) in [6.07, 6.45) is 1.89. The molecule has 0 atom stereocenters. The van der Waals surface area contributed by atoms with E-state index in [0.717, 1.165) is 10.7 Å². The van der Waals surface area contributed by atoms with Gasteiger partial charge in [0, 0.05) is 7.05 Å². The molecule has 0 spiro atoms. The average molecular weight is 312 g/mol. The molecule has 1 N–H and O–H groups in total. The molecular formula is C12H16N4O2S2. The van der Waals surface area contributed by atoms with Gasteiger partial charge in [0.05, 0.1) is 11.4 Å². The maximum atomic E-state index is 12.1. The Labute approximate surface area is 122 Å². The van der Waals surface area contributed by atoms with Crippen LogP contribution < -0.4 is 4.72 Å². The predicted octanol–water partition coefficient (Wildman–Crippen LogP) is 1.32. The van der Waals surface area contributed by atoms with Gasteiger partial charge in [-0.1, -0.05) is 29.5 Å². The Morgan fingerprint density at radius 2 is 1.90 bits per heavy atom. The van der Waals surface area contributed by atoms with Gasteiger partial charge in [0.15, 0.2) is 5.16 Å². The number of benzene rings is 1. The third-order valence-corrected chi connectivity index (χ3v) is 5.00. The van der Waals surface area contributed by atoms with Gasteiger partial charge in [-0.05, 0) is 25.3 Å². The van der Waals surface area contributed by atoms with Crippen LogP contribution >= 0.6 is 11.8 Å². The van der Waals surface area contributed by atoms with Crippen molar-refractivity contribution in [1.29, 1.82) is 0 Å². The molecule has 20 heavy (non-hydrogen) atoms. The Bertz CT molecular complexity index is 693. The number of aromatic nitrogens is 3. The largest absolute Gasteiger partial charge is 0.308 e. The number of thioether (sulfide) groups is 1. The maximum absolute atomic E-state index is 12.1. The van der Waals surface area contributed by atoms with E-state index in [-0.39, 0.29) is 11.4 Å². The fourth-order valence-corrected chi connectivity index (χ4v) is 3.12. The van der Waals surface area contributed by atoms with Crippen LogP contribution in [0.1, 0.15) is 11.4 Å². The van der Waals surface area contributed by atoms with Crippen LogP contribution in [0.3, 0.4) is 0 Å². The Balaban J connectivity index is 2.13. The Kier molecular flexibility index (Phi) is 4.46. The lowest BCUT2D eigenvalue weighted by atomic mass is 10.2. The molecule has 0 bridgehead atoms. The van der Waals surface area contributed by atoms with Crippen LogP contribution in [0.2, 0.25) is 0 Å². The van der Waals surface area contributed by atoms with E-state index in [0.29, 0.717) is 5.82 Å². The van der Waals surface area contributed by atoms with Crippen LogP contribution in [0.5, 0.6) is 0 Å². The summed E-state index contributed by atoms with van der Waals surface area (Å²) in [5.41, 5.74) is 1.02. The zero-order valence-corrected chi connectivity index (χ0v) is 13.1. The summed E-state index contributed by atoms with van der Waals surface area (Å²) >= 11 is 1.46. The maximum Gasteiger partial charge on any atom is 0.240 e. The lowest BCUT2D eigenvalue weighted by molar-refractivity contribution is 0.576. The Morgan fingerprint density at radius 3 is 2.45 bits per heavy atom. The minimum Gasteiger partial charge on any atom is -0.308 e. The highest BCUT2D eigenvalue weighted by atomic mass is 32.2. The SMILES string of the molecule is CSc1nnc(CNS(=O)(=O)c2ccc(C)cc2)n1C. The van der Waals surface area contributed by atoms with E-state index in [1.165, 1.54) is 11.8 Å². The Hall–Kier alpha value is -1.38. The van der Waals surface area contributed by atoms with Gasteiger partial charge >= 0.3 is 0 Å². The van der Waals surface area contributed by atoms with Gasteiger partial charge in [-0.2, -0.15) is 0 Å². The Morgan fingerprint density at radius 1 is 1.25 bits per heavy atom. The van der Waals surface area contributed by atoms with Crippen LogP contribution in [0.25, 0.3) is 0 Å². The van der Waals surface area contributed by atoms with Crippen molar-refractivity contribution >= 4 is 21.8 Å². The highest BCUT2D eigenvalue weighted by Gasteiger charge is 2.15. The molecule has 0 saturated heterocycles. The lowest BCUT2D eigenvalue weighted by Gasteiger charge is -2.07. The van der Waals surface area contributed by atoms with E-state index in [1.54, 1.807) is 35.9 Å². The number of nitrogens with zero attached hydrogens (tertiary/aromatic N) is 3. The summed E-state index contributed by atoms with van der Waals surface area (Å²) in [7, 11) is -1.72. The van der Waals surface area contributed by atoms with Crippen molar-refractivity contribution in [3.8, 4) is 0 Å². The number of aryl methyl sites for hydroxylation is 1. The average Bonchev–Trinajstić information content (AvgIpc) is 2.77. The first-order chi connectivity index (χ1) is 9.44. The second-order valence-electron chi connectivity index (χ2n) is 4.30. The van der Waals surface area contributed by atoms with Gasteiger partial charge in [-0.15, -0.1) is 10.2 Å². The van der Waals surface area contributed by atoms with Crippen molar-refractivity contribution in [2.45, 2.75) is 23.5 Å². The molecule has 0 saturated carbocycles. The van der Waals surface area contributed by atoms with Gasteiger partial charge in [0.1, 0.15) is 5.82 Å². The zero-order chi connectivity index (χ0) is 14.8. The molecule has 1 aromatic carbocycles. The van der Waals surface area contributed by atoms with Crippen LogP contribution in [-0.2, 0) is 23.6 Å². The topological polar surface area (TPSA) is 76.9 Å². The minimum atomic E-state index is -3.53. The molecular weight excluding hydrogens is 296 g/mol. The third kappa shape index (κ3) is 3.20. The quantitative estimate of drug-likeness (QED) is 0.843. The molecule has 0 unspecified atom stereocenters. The zero-order valence-electron chi connectivity index (χ0n) is 11.5. The summed E-state index contributed by atoms with van der Waals surface area (Å²) in [4.78, 5) is 0.246. The van der Waals surface area contributed by atoms with Crippen LogP contribution in [-0.4, -0.2) is 29.4 Å². The first-order valence-corrected chi connectivity index (χ1v) is 8.63. The summed E-state index contributed by atoms with van der Waals surface area (Å²) in [5, 5.41) is 8.67. The molecule has 6 nitrogen and oxygen atoms in total. The molecule has 0 radical (unpaired) electrons. The van der Waals surface area contributed by atoms with E-state index >= 15 is 0 Å². The van der Waals surface area contributed by atoms with Gasteiger partial charge in [0.2, 0.25) is 10.0 Å². The van der Waals surface area contributed by atoms with Crippen LogP contribution in [0.15, 0.2) is 34.3 Å². The number of sulfonamides is 1. The minimum absolute atomic E-state index is 0.111. The first-order valence-electron chi connectivity index (χ1n) is 5.92. The standard InChI is InChI=1S/C12H16N4O2S2/c1-9-4-6-10(7-5-9)20(17,18)13-8-11-14-15-12(19-3)16(11)2/h4-7,13H,8H2,1-3H3. The van der Waals surface area contributed by atoms with Gasteiger partial charge in [0.25, 0.3) is 0 Å². The fourth-order valence-electron chi connectivity index (χ4n) is 1.64. The number of hydrogen-bond donors (Lipinski definition) is 1.